The Bertz CT molecular complexity index is 2960. The van der Waals surface area contributed by atoms with E-state index in [1.165, 1.54) is 52.0 Å². The molecular weight excluding hydrogens is 1030 g/mol. The Kier molecular flexibility index (Phi) is 17.6. The molecule has 0 spiro atoms. The van der Waals surface area contributed by atoms with Gasteiger partial charge in [0.1, 0.15) is 35.7 Å². The summed E-state index contributed by atoms with van der Waals surface area (Å²) in [4.78, 5) is 136. The minimum Gasteiger partial charge on any atom is -0.478 e. The van der Waals surface area contributed by atoms with Crippen LogP contribution < -0.4 is 10.6 Å². The van der Waals surface area contributed by atoms with E-state index in [1.54, 1.807) is 66.7 Å². The highest BCUT2D eigenvalue weighted by Gasteiger charge is 2.78. The number of benzene rings is 3. The monoisotopic (exact) mass is 1090 g/mol. The van der Waals surface area contributed by atoms with Crippen molar-refractivity contribution in [2.24, 2.45) is 16.7 Å². The highest BCUT2D eigenvalue weighted by atomic mass is 16.6. The fourth-order valence-electron chi connectivity index (χ4n) is 11.6. The number of carbonyl (C=O) groups is 10. The van der Waals surface area contributed by atoms with Crippen molar-refractivity contribution in [1.82, 2.24) is 10.6 Å². The van der Waals surface area contributed by atoms with Gasteiger partial charge in [-0.05, 0) is 68.2 Å². The molecule has 21 nitrogen and oxygen atoms in total. The van der Waals surface area contributed by atoms with Gasteiger partial charge in [-0.2, -0.15) is 0 Å². The maximum Gasteiger partial charge on any atom is 0.350 e. The average Bonchev–Trinajstić information content (AvgIpc) is 1.77. The lowest BCUT2D eigenvalue weighted by atomic mass is 9.44. The van der Waals surface area contributed by atoms with E-state index >= 15 is 9.59 Å². The zero-order valence-electron chi connectivity index (χ0n) is 44.7. The number of aliphatic hydroxyl groups excluding tert-OH is 1. The molecule has 2 saturated carbocycles. The maximum absolute atomic E-state index is 15.8. The molecule has 3 aliphatic carbocycles. The average molecular weight is 1090 g/mol. The first-order valence-electron chi connectivity index (χ1n) is 25.7. The third-order valence-electron chi connectivity index (χ3n) is 15.6. The van der Waals surface area contributed by atoms with Crippen LogP contribution in [-0.2, 0) is 66.8 Å². The number of carbonyl (C=O) groups excluding carboxylic acids is 9. The smallest absolute Gasteiger partial charge is 0.350 e. The highest BCUT2D eigenvalue weighted by molar-refractivity contribution is 6.01. The lowest BCUT2D eigenvalue weighted by molar-refractivity contribution is -0.346. The van der Waals surface area contributed by atoms with E-state index in [0.717, 1.165) is 26.8 Å². The molecule has 0 radical (unpaired) electrons. The summed E-state index contributed by atoms with van der Waals surface area (Å²) in [5.74, 6) is -11.3. The molecule has 420 valence electrons. The van der Waals surface area contributed by atoms with Crippen molar-refractivity contribution >= 4 is 59.2 Å². The predicted octanol–water partition coefficient (Wildman–Crippen LogP) is 4.17. The zero-order chi connectivity index (χ0) is 57.8. The van der Waals surface area contributed by atoms with E-state index in [0.29, 0.717) is 0 Å². The van der Waals surface area contributed by atoms with Crippen LogP contribution >= 0.6 is 0 Å². The van der Waals surface area contributed by atoms with E-state index < -0.39 is 155 Å². The molecule has 2 bridgehead atoms. The number of Topliss-reactive ketones (excluding diaryl/α,β-unsaturated/α-hetero) is 2. The van der Waals surface area contributed by atoms with Gasteiger partial charge in [-0.1, -0.05) is 80.6 Å². The zero-order valence-corrected chi connectivity index (χ0v) is 44.7. The molecule has 1 aliphatic heterocycles. The summed E-state index contributed by atoms with van der Waals surface area (Å²) in [7, 11) is 0. The molecule has 11 atom stereocenters. The second-order valence-corrected chi connectivity index (χ2v) is 21.1. The molecule has 5 N–H and O–H groups in total. The molecule has 1 saturated heterocycles. The summed E-state index contributed by atoms with van der Waals surface area (Å²) < 4.78 is 36.7. The van der Waals surface area contributed by atoms with Gasteiger partial charge in [-0.15, -0.1) is 0 Å². The van der Waals surface area contributed by atoms with Crippen LogP contribution in [-0.4, -0.2) is 135 Å². The quantitative estimate of drug-likeness (QED) is 0.0370. The molecule has 1 heterocycles. The number of ketones is 2. The molecule has 7 rings (SSSR count). The molecule has 2 amide bonds. The number of amides is 2. The van der Waals surface area contributed by atoms with Crippen molar-refractivity contribution < 1.29 is 91.7 Å². The number of hydrogen-bond acceptors (Lipinski definition) is 18. The fraction of sp³-hybridized carbons (Fsp3) is 0.448. The third kappa shape index (κ3) is 11.8. The Balaban J connectivity index is 1.34. The molecule has 4 aliphatic rings. The van der Waals surface area contributed by atoms with Gasteiger partial charge < -0.3 is 54.4 Å². The summed E-state index contributed by atoms with van der Waals surface area (Å²) in [5, 5.41) is 40.9. The van der Waals surface area contributed by atoms with Gasteiger partial charge in [0.2, 0.25) is 12.0 Å². The fourth-order valence-corrected chi connectivity index (χ4v) is 11.6. The van der Waals surface area contributed by atoms with Crippen LogP contribution in [0.25, 0.3) is 0 Å². The Morgan fingerprint density at radius 3 is 1.99 bits per heavy atom. The number of ether oxygens (including phenoxy) is 6. The van der Waals surface area contributed by atoms with E-state index in [4.69, 9.17) is 28.4 Å². The molecule has 0 aromatic heterocycles. The van der Waals surface area contributed by atoms with Crippen LogP contribution in [0, 0.1) is 16.7 Å². The van der Waals surface area contributed by atoms with Crippen molar-refractivity contribution in [1.29, 1.82) is 0 Å². The first kappa shape index (κ1) is 58.8. The Morgan fingerprint density at radius 1 is 0.823 bits per heavy atom. The number of hydrogen-bond donors (Lipinski definition) is 5. The number of rotatable bonds is 19. The number of carboxylic acid groups (broad SMARTS) is 1. The van der Waals surface area contributed by atoms with Gasteiger partial charge in [0.15, 0.2) is 17.5 Å². The third-order valence-corrected chi connectivity index (χ3v) is 15.6. The molecule has 21 heteroatoms. The van der Waals surface area contributed by atoms with E-state index in [1.807, 2.05) is 0 Å². The van der Waals surface area contributed by atoms with Gasteiger partial charge in [-0.3, -0.25) is 33.6 Å². The molecular formula is C58H64N2O19. The van der Waals surface area contributed by atoms with E-state index in [9.17, 15) is 53.7 Å². The number of carboxylic acids is 1. The van der Waals surface area contributed by atoms with Crippen molar-refractivity contribution in [3.63, 3.8) is 0 Å². The van der Waals surface area contributed by atoms with Crippen LogP contribution in [0.2, 0.25) is 0 Å². The number of esters is 5. The second-order valence-electron chi connectivity index (χ2n) is 21.1. The lowest BCUT2D eigenvalue weighted by Gasteiger charge is -2.67. The highest BCUT2D eigenvalue weighted by Crippen LogP contribution is 2.64. The SMILES string of the molecule is CC(=O)C/C(=C/C(=O)NCCCC(=O)O[C@@H](C(=O)O[C@H]1C[C@@]2(O)[C@@H](OC(=O)c3ccccc3)[C@H]3C(C)(C(=O)C(OC(C)=O)C(=C1C)C2(C)C)[C@@H](O)C[C@H]1OC[C@]13OC(C)=O)[C@@H](NC(=O)c1ccccc1)c1ccccc1)C(=O)O. The van der Waals surface area contributed by atoms with E-state index in [2.05, 4.69) is 10.6 Å². The normalized spacial score (nSPS) is 27.5. The van der Waals surface area contributed by atoms with Crippen LogP contribution in [0.4, 0.5) is 0 Å². The molecule has 2 unspecified atom stereocenters. The molecule has 79 heavy (non-hydrogen) atoms. The topological polar surface area (TPSA) is 311 Å². The van der Waals surface area contributed by atoms with Crippen LogP contribution in [0.15, 0.2) is 114 Å². The number of aliphatic carboxylic acids is 1. The number of fused-ring (bicyclic) bond motifs is 5. The summed E-state index contributed by atoms with van der Waals surface area (Å²) in [6, 6.07) is 22.0. The van der Waals surface area contributed by atoms with Gasteiger partial charge in [0, 0.05) is 68.7 Å². The Labute approximate surface area is 455 Å². The van der Waals surface area contributed by atoms with Crippen LogP contribution in [0.1, 0.15) is 113 Å². The van der Waals surface area contributed by atoms with Crippen molar-refractivity contribution in [2.75, 3.05) is 13.2 Å². The standard InChI is InChI=1S/C58H64N2O19/c1-31(61)26-38(52(69)70)27-42(65)59-25-17-24-43(66)77-47(45(35-18-11-8-12-19-35)60-51(68)36-20-13-9-14-21-36)54(72)76-39-29-58(73)50(78-53(71)37-22-15-10-16-23-37)48-56(7,40(64)28-41-57(48,30-74-41)79-34(4)63)49(67)46(75-33(3)62)44(32(39)2)55(58,5)6/h8-16,18-23,27,39-41,45-48,50,64,73H,17,24-26,28-30H2,1-7H3,(H,59,65)(H,60,68)(H,69,70)/b38-27-/t39-,40-,41+,45-,46?,47+,48-,50-,56?,57-,58+/m0/s1. The van der Waals surface area contributed by atoms with E-state index in [-0.39, 0.29) is 53.8 Å². The van der Waals surface area contributed by atoms with Crippen LogP contribution in [0.3, 0.4) is 0 Å². The number of nitrogens with one attached hydrogen (secondary N) is 2. The number of aliphatic hydroxyl groups is 2. The second kappa shape index (κ2) is 23.6. The minimum atomic E-state index is -2.53. The molecule has 3 aromatic rings. The van der Waals surface area contributed by atoms with Gasteiger partial charge in [0.05, 0.1) is 29.6 Å². The summed E-state index contributed by atoms with van der Waals surface area (Å²) >= 11 is 0. The maximum atomic E-state index is 15.8. The van der Waals surface area contributed by atoms with Gasteiger partial charge in [0.25, 0.3) is 5.91 Å². The summed E-state index contributed by atoms with van der Waals surface area (Å²) in [6.45, 7) is 8.58. The largest absolute Gasteiger partial charge is 0.478 e. The van der Waals surface area contributed by atoms with Gasteiger partial charge >= 0.3 is 35.8 Å². The summed E-state index contributed by atoms with van der Waals surface area (Å²) in [5.41, 5.74) is -8.42. The van der Waals surface area contributed by atoms with Crippen molar-refractivity contribution in [2.45, 2.75) is 134 Å². The molecule has 3 aromatic carbocycles. The van der Waals surface area contributed by atoms with Crippen molar-refractivity contribution in [3.8, 4) is 0 Å². The first-order chi connectivity index (χ1) is 37.3. The lowest BCUT2D eigenvalue weighted by Crippen LogP contribution is -2.82. The summed E-state index contributed by atoms with van der Waals surface area (Å²) in [6.07, 6.45) is -11.6. The van der Waals surface area contributed by atoms with Gasteiger partial charge in [-0.25, -0.2) is 14.4 Å². The van der Waals surface area contributed by atoms with Crippen LogP contribution in [0.5, 0.6) is 0 Å². The molecule has 3 fully saturated rings. The minimum absolute atomic E-state index is 0.00666. The Morgan fingerprint density at radius 2 is 1.43 bits per heavy atom. The van der Waals surface area contributed by atoms with Crippen molar-refractivity contribution in [3.05, 3.63) is 130 Å². The first-order valence-corrected chi connectivity index (χ1v) is 25.7. The predicted molar refractivity (Wildman–Crippen MR) is 275 cm³/mol. The Hall–Kier alpha value is -7.88.